The Labute approximate surface area is 84.6 Å². The van der Waals surface area contributed by atoms with E-state index in [1.54, 1.807) is 0 Å². The van der Waals surface area contributed by atoms with Gasteiger partial charge in [0.15, 0.2) is 0 Å². The number of carbonyl (C=O) groups is 1. The summed E-state index contributed by atoms with van der Waals surface area (Å²) in [7, 11) is 0. The number of benzene rings is 1. The molecule has 0 aliphatic heterocycles. The summed E-state index contributed by atoms with van der Waals surface area (Å²) < 4.78 is 0. The van der Waals surface area contributed by atoms with E-state index in [2.05, 4.69) is 0 Å². The molecule has 0 atom stereocenters. The summed E-state index contributed by atoms with van der Waals surface area (Å²) in [5.74, 6) is 0.342. The van der Waals surface area contributed by atoms with Crippen LogP contribution in [0.25, 0.3) is 0 Å². The van der Waals surface area contributed by atoms with E-state index in [0.29, 0.717) is 6.42 Å². The summed E-state index contributed by atoms with van der Waals surface area (Å²) in [6.45, 7) is 3.87. The molecule has 0 aliphatic carbocycles. The molecule has 0 heterocycles. The Balaban J connectivity index is 2.64. The summed E-state index contributed by atoms with van der Waals surface area (Å²) in [6, 6.07) is 7.49. The van der Waals surface area contributed by atoms with Crippen molar-refractivity contribution in [2.24, 2.45) is 5.92 Å². The molecule has 2 nitrogen and oxygen atoms in total. The Hall–Kier alpha value is -1.15. The van der Waals surface area contributed by atoms with Crippen LogP contribution >= 0.6 is 0 Å². The molecule has 14 heavy (non-hydrogen) atoms. The van der Waals surface area contributed by atoms with Crippen LogP contribution in [-0.4, -0.2) is 10.9 Å². The maximum atomic E-state index is 11.4. The number of aliphatic hydroxyl groups excluding tert-OH is 1. The Morgan fingerprint density at radius 1 is 1.21 bits per heavy atom. The molecule has 0 saturated carbocycles. The lowest BCUT2D eigenvalue weighted by Gasteiger charge is -2.04. The van der Waals surface area contributed by atoms with Gasteiger partial charge in [-0.1, -0.05) is 38.1 Å². The molecule has 0 saturated heterocycles. The van der Waals surface area contributed by atoms with Gasteiger partial charge in [0, 0.05) is 12.3 Å². The quantitative estimate of drug-likeness (QED) is 0.791. The Bertz CT molecular complexity index is 299. The zero-order chi connectivity index (χ0) is 10.6. The van der Waals surface area contributed by atoms with Crippen LogP contribution in [0.3, 0.4) is 0 Å². The van der Waals surface area contributed by atoms with Gasteiger partial charge in [0.25, 0.3) is 0 Å². The fraction of sp³-hybridized carbons (Fsp3) is 0.417. The number of ketones is 1. The van der Waals surface area contributed by atoms with E-state index in [0.717, 1.165) is 11.1 Å². The highest BCUT2D eigenvalue weighted by Crippen LogP contribution is 2.08. The van der Waals surface area contributed by atoms with Crippen LogP contribution < -0.4 is 0 Å². The molecule has 0 unspecified atom stereocenters. The first-order chi connectivity index (χ1) is 6.63. The molecular formula is C12H16O2. The Kier molecular flexibility index (Phi) is 3.84. The van der Waals surface area contributed by atoms with Crippen LogP contribution in [0, 0.1) is 5.92 Å². The van der Waals surface area contributed by atoms with Crippen LogP contribution in [-0.2, 0) is 17.8 Å². The first kappa shape index (κ1) is 10.9. The van der Waals surface area contributed by atoms with Gasteiger partial charge >= 0.3 is 0 Å². The van der Waals surface area contributed by atoms with Crippen LogP contribution in [0.1, 0.15) is 25.0 Å². The van der Waals surface area contributed by atoms with Crippen molar-refractivity contribution in [2.45, 2.75) is 26.9 Å². The predicted molar refractivity (Wildman–Crippen MR) is 55.9 cm³/mol. The predicted octanol–water partition coefficient (Wildman–Crippen LogP) is 1.95. The van der Waals surface area contributed by atoms with Gasteiger partial charge in [-0.3, -0.25) is 4.79 Å². The SMILES string of the molecule is CC(C)C(=O)Cc1ccc(CO)cc1. The summed E-state index contributed by atoms with van der Waals surface area (Å²) in [5, 5.41) is 8.83. The van der Waals surface area contributed by atoms with E-state index in [-0.39, 0.29) is 18.3 Å². The van der Waals surface area contributed by atoms with E-state index in [9.17, 15) is 4.79 Å². The fourth-order valence-corrected chi connectivity index (χ4v) is 1.17. The Morgan fingerprint density at radius 2 is 1.71 bits per heavy atom. The minimum absolute atomic E-state index is 0.0540. The third-order valence-electron chi connectivity index (χ3n) is 2.23. The normalized spacial score (nSPS) is 10.6. The molecule has 0 spiro atoms. The number of hydrogen-bond acceptors (Lipinski definition) is 2. The molecule has 1 rings (SSSR count). The van der Waals surface area contributed by atoms with E-state index in [1.165, 1.54) is 0 Å². The number of rotatable bonds is 4. The molecule has 76 valence electrons. The van der Waals surface area contributed by atoms with Crippen molar-refractivity contribution in [2.75, 3.05) is 0 Å². The molecule has 0 amide bonds. The maximum absolute atomic E-state index is 11.4. The lowest BCUT2D eigenvalue weighted by molar-refractivity contribution is -0.121. The van der Waals surface area contributed by atoms with Crippen LogP contribution in [0.4, 0.5) is 0 Å². The lowest BCUT2D eigenvalue weighted by Crippen LogP contribution is -2.10. The van der Waals surface area contributed by atoms with Gasteiger partial charge < -0.3 is 5.11 Å². The second kappa shape index (κ2) is 4.91. The highest BCUT2D eigenvalue weighted by atomic mass is 16.3. The number of Topliss-reactive ketones (excluding diaryl/α,β-unsaturated/α-hetero) is 1. The zero-order valence-corrected chi connectivity index (χ0v) is 8.66. The molecule has 0 bridgehead atoms. The molecule has 1 aromatic rings. The molecule has 1 N–H and O–H groups in total. The average Bonchev–Trinajstić information content (AvgIpc) is 2.19. The number of aliphatic hydroxyl groups is 1. The van der Waals surface area contributed by atoms with Crippen LogP contribution in [0.15, 0.2) is 24.3 Å². The van der Waals surface area contributed by atoms with Crippen molar-refractivity contribution in [1.82, 2.24) is 0 Å². The molecule has 0 fully saturated rings. The maximum Gasteiger partial charge on any atom is 0.139 e. The van der Waals surface area contributed by atoms with Crippen LogP contribution in [0.2, 0.25) is 0 Å². The topological polar surface area (TPSA) is 37.3 Å². The molecule has 2 heteroatoms. The second-order valence-corrected chi connectivity index (χ2v) is 3.77. The molecule has 0 aromatic heterocycles. The van der Waals surface area contributed by atoms with Crippen molar-refractivity contribution in [1.29, 1.82) is 0 Å². The second-order valence-electron chi connectivity index (χ2n) is 3.77. The van der Waals surface area contributed by atoms with Gasteiger partial charge in [-0.15, -0.1) is 0 Å². The summed E-state index contributed by atoms with van der Waals surface area (Å²) in [4.78, 5) is 11.4. The van der Waals surface area contributed by atoms with Gasteiger partial charge in [0.2, 0.25) is 0 Å². The first-order valence-electron chi connectivity index (χ1n) is 4.85. The smallest absolute Gasteiger partial charge is 0.139 e. The van der Waals surface area contributed by atoms with E-state index < -0.39 is 0 Å². The minimum atomic E-state index is 0.0540. The van der Waals surface area contributed by atoms with Gasteiger partial charge in [0.1, 0.15) is 5.78 Å². The number of carbonyl (C=O) groups excluding carboxylic acids is 1. The third kappa shape index (κ3) is 2.96. The molecule has 0 radical (unpaired) electrons. The summed E-state index contributed by atoms with van der Waals surface area (Å²) in [5.41, 5.74) is 1.90. The first-order valence-corrected chi connectivity index (χ1v) is 4.85. The van der Waals surface area contributed by atoms with Gasteiger partial charge in [0.05, 0.1) is 6.61 Å². The van der Waals surface area contributed by atoms with Crippen molar-refractivity contribution in [3.05, 3.63) is 35.4 Å². The van der Waals surface area contributed by atoms with Crippen molar-refractivity contribution in [3.63, 3.8) is 0 Å². The zero-order valence-electron chi connectivity index (χ0n) is 8.66. The summed E-state index contributed by atoms with van der Waals surface area (Å²) in [6.07, 6.45) is 0.489. The van der Waals surface area contributed by atoms with Crippen molar-refractivity contribution in [3.8, 4) is 0 Å². The highest BCUT2D eigenvalue weighted by molar-refractivity contribution is 5.82. The molecule has 1 aromatic carbocycles. The minimum Gasteiger partial charge on any atom is -0.392 e. The van der Waals surface area contributed by atoms with E-state index >= 15 is 0 Å². The largest absolute Gasteiger partial charge is 0.392 e. The Morgan fingerprint density at radius 3 is 2.14 bits per heavy atom. The lowest BCUT2D eigenvalue weighted by atomic mass is 10.0. The van der Waals surface area contributed by atoms with Gasteiger partial charge in [-0.2, -0.15) is 0 Å². The summed E-state index contributed by atoms with van der Waals surface area (Å²) >= 11 is 0. The van der Waals surface area contributed by atoms with Crippen LogP contribution in [0.5, 0.6) is 0 Å². The van der Waals surface area contributed by atoms with Crippen molar-refractivity contribution >= 4 is 5.78 Å². The fourth-order valence-electron chi connectivity index (χ4n) is 1.17. The highest BCUT2D eigenvalue weighted by Gasteiger charge is 2.07. The van der Waals surface area contributed by atoms with Gasteiger partial charge in [-0.25, -0.2) is 0 Å². The molecular weight excluding hydrogens is 176 g/mol. The van der Waals surface area contributed by atoms with E-state index in [1.807, 2.05) is 38.1 Å². The van der Waals surface area contributed by atoms with Gasteiger partial charge in [-0.05, 0) is 11.1 Å². The van der Waals surface area contributed by atoms with E-state index in [4.69, 9.17) is 5.11 Å². The monoisotopic (exact) mass is 192 g/mol. The average molecular weight is 192 g/mol. The molecule has 0 aliphatic rings. The third-order valence-corrected chi connectivity index (χ3v) is 2.23. The number of hydrogen-bond donors (Lipinski definition) is 1. The van der Waals surface area contributed by atoms with Crippen molar-refractivity contribution < 1.29 is 9.90 Å². The standard InChI is InChI=1S/C12H16O2/c1-9(2)12(14)7-10-3-5-11(8-13)6-4-10/h3-6,9,13H,7-8H2,1-2H3.